The number of carbonyl (C=O) groups is 1. The summed E-state index contributed by atoms with van der Waals surface area (Å²) < 4.78 is 11.1. The quantitative estimate of drug-likeness (QED) is 0.800. The van der Waals surface area contributed by atoms with Crippen molar-refractivity contribution in [3.63, 3.8) is 0 Å². The van der Waals surface area contributed by atoms with E-state index >= 15 is 0 Å². The fourth-order valence-corrected chi connectivity index (χ4v) is 4.03. The van der Waals surface area contributed by atoms with Crippen LogP contribution >= 0.6 is 11.6 Å². The number of para-hydroxylation sites is 1. The fourth-order valence-electron chi connectivity index (χ4n) is 3.83. The number of methoxy groups -OCH3 is 2. The molecule has 144 valence electrons. The normalized spacial score (nSPS) is 18.7. The Morgan fingerprint density at radius 2 is 2.00 bits per heavy atom. The van der Waals surface area contributed by atoms with Crippen molar-refractivity contribution in [2.75, 3.05) is 27.3 Å². The van der Waals surface area contributed by atoms with Gasteiger partial charge in [0.15, 0.2) is 11.5 Å². The Balaban J connectivity index is 2.10. The minimum absolute atomic E-state index is 0.170. The van der Waals surface area contributed by atoms with Crippen molar-refractivity contribution in [1.29, 1.82) is 0 Å². The zero-order chi connectivity index (χ0) is 19.4. The van der Waals surface area contributed by atoms with Gasteiger partial charge in [-0.3, -0.25) is 9.69 Å². The van der Waals surface area contributed by atoms with E-state index in [2.05, 4.69) is 4.90 Å². The van der Waals surface area contributed by atoms with Crippen molar-refractivity contribution in [3.8, 4) is 11.5 Å². The molecule has 1 saturated heterocycles. The van der Waals surface area contributed by atoms with Gasteiger partial charge in [-0.05, 0) is 43.1 Å². The molecule has 27 heavy (non-hydrogen) atoms. The maximum Gasteiger partial charge on any atom is 0.307 e. The molecule has 1 N–H and O–H groups in total. The van der Waals surface area contributed by atoms with Gasteiger partial charge in [0.2, 0.25) is 0 Å². The molecule has 0 aromatic heterocycles. The number of nitrogens with zero attached hydrogens (tertiary/aromatic N) is 1. The molecule has 1 fully saturated rings. The molecule has 2 atom stereocenters. The van der Waals surface area contributed by atoms with Gasteiger partial charge in [0.25, 0.3) is 0 Å². The van der Waals surface area contributed by atoms with E-state index in [0.29, 0.717) is 29.5 Å². The van der Waals surface area contributed by atoms with Crippen molar-refractivity contribution < 1.29 is 19.4 Å². The summed E-state index contributed by atoms with van der Waals surface area (Å²) >= 11 is 6.26. The van der Waals surface area contributed by atoms with Gasteiger partial charge in [-0.15, -0.1) is 0 Å². The maximum absolute atomic E-state index is 11.6. The van der Waals surface area contributed by atoms with Crippen LogP contribution in [0.25, 0.3) is 0 Å². The monoisotopic (exact) mass is 389 g/mol. The van der Waals surface area contributed by atoms with Crippen LogP contribution in [0, 0.1) is 5.92 Å². The fraction of sp³-hybridized carbons (Fsp3) is 0.381. The third-order valence-corrected chi connectivity index (χ3v) is 5.29. The number of aliphatic carboxylic acids is 1. The zero-order valence-electron chi connectivity index (χ0n) is 15.5. The Hall–Kier alpha value is -2.24. The standard InChI is InChI=1S/C21H24ClNO4/c1-26-18-10-4-9-17(20(18)27-2)19(14-6-3-8-16(22)12-14)23-11-5-7-15(13-23)21(24)25/h3-4,6,8-10,12,15,19H,5,7,11,13H2,1-2H3,(H,24,25). The van der Waals surface area contributed by atoms with E-state index in [-0.39, 0.29) is 12.0 Å². The molecule has 2 unspecified atom stereocenters. The summed E-state index contributed by atoms with van der Waals surface area (Å²) in [6, 6.07) is 13.3. The van der Waals surface area contributed by atoms with Crippen LogP contribution in [-0.4, -0.2) is 43.3 Å². The van der Waals surface area contributed by atoms with Gasteiger partial charge >= 0.3 is 5.97 Å². The maximum atomic E-state index is 11.6. The van der Waals surface area contributed by atoms with Crippen LogP contribution in [0.5, 0.6) is 11.5 Å². The molecular weight excluding hydrogens is 366 g/mol. The molecule has 0 spiro atoms. The lowest BCUT2D eigenvalue weighted by atomic mass is 9.91. The smallest absolute Gasteiger partial charge is 0.307 e. The van der Waals surface area contributed by atoms with Crippen LogP contribution in [0.1, 0.15) is 30.0 Å². The number of carboxylic acid groups (broad SMARTS) is 1. The number of carboxylic acids is 1. The van der Waals surface area contributed by atoms with Gasteiger partial charge in [-0.1, -0.05) is 35.9 Å². The second-order valence-corrected chi connectivity index (χ2v) is 7.15. The van der Waals surface area contributed by atoms with Crippen LogP contribution in [0.4, 0.5) is 0 Å². The summed E-state index contributed by atoms with van der Waals surface area (Å²) in [5, 5.41) is 10.2. The predicted octanol–water partition coefficient (Wildman–Crippen LogP) is 4.24. The Kier molecular flexibility index (Phi) is 6.24. The molecule has 0 amide bonds. The van der Waals surface area contributed by atoms with Gasteiger partial charge < -0.3 is 14.6 Å². The van der Waals surface area contributed by atoms with E-state index in [1.807, 2.05) is 42.5 Å². The average Bonchev–Trinajstić information content (AvgIpc) is 2.68. The first-order valence-corrected chi connectivity index (χ1v) is 9.36. The Morgan fingerprint density at radius 3 is 2.67 bits per heavy atom. The number of hydrogen-bond acceptors (Lipinski definition) is 4. The molecule has 0 radical (unpaired) electrons. The van der Waals surface area contributed by atoms with Crippen LogP contribution in [0.15, 0.2) is 42.5 Å². The average molecular weight is 390 g/mol. The lowest BCUT2D eigenvalue weighted by Crippen LogP contribution is -2.41. The molecule has 0 bridgehead atoms. The van der Waals surface area contributed by atoms with Crippen molar-refractivity contribution in [2.24, 2.45) is 5.92 Å². The van der Waals surface area contributed by atoms with Crippen LogP contribution in [-0.2, 0) is 4.79 Å². The van der Waals surface area contributed by atoms with E-state index in [4.69, 9.17) is 21.1 Å². The summed E-state index contributed by atoms with van der Waals surface area (Å²) in [6.45, 7) is 1.29. The molecular formula is C21H24ClNO4. The third-order valence-electron chi connectivity index (χ3n) is 5.06. The predicted molar refractivity (Wildman–Crippen MR) is 105 cm³/mol. The highest BCUT2D eigenvalue weighted by Crippen LogP contribution is 2.41. The second kappa shape index (κ2) is 8.63. The second-order valence-electron chi connectivity index (χ2n) is 6.71. The zero-order valence-corrected chi connectivity index (χ0v) is 16.3. The van der Waals surface area contributed by atoms with Crippen molar-refractivity contribution in [2.45, 2.75) is 18.9 Å². The largest absolute Gasteiger partial charge is 0.493 e. The molecule has 1 aliphatic rings. The Labute approximate surface area is 164 Å². The summed E-state index contributed by atoms with van der Waals surface area (Å²) in [4.78, 5) is 13.8. The molecule has 5 nitrogen and oxygen atoms in total. The van der Waals surface area contributed by atoms with Gasteiger partial charge in [-0.2, -0.15) is 0 Å². The van der Waals surface area contributed by atoms with Crippen molar-refractivity contribution in [1.82, 2.24) is 4.90 Å². The van der Waals surface area contributed by atoms with E-state index in [9.17, 15) is 9.90 Å². The molecule has 2 aromatic rings. The van der Waals surface area contributed by atoms with Crippen molar-refractivity contribution in [3.05, 3.63) is 58.6 Å². The Bertz CT molecular complexity index is 811. The Morgan fingerprint density at radius 1 is 1.22 bits per heavy atom. The first kappa shape index (κ1) is 19.5. The molecule has 2 aromatic carbocycles. The summed E-state index contributed by atoms with van der Waals surface area (Å²) in [6.07, 6.45) is 1.53. The van der Waals surface area contributed by atoms with E-state index in [1.54, 1.807) is 14.2 Å². The summed E-state index contributed by atoms with van der Waals surface area (Å²) in [7, 11) is 3.23. The van der Waals surface area contributed by atoms with Gasteiger partial charge in [0.05, 0.1) is 26.2 Å². The number of halogens is 1. The van der Waals surface area contributed by atoms with Gasteiger partial charge in [0.1, 0.15) is 0 Å². The number of hydrogen-bond donors (Lipinski definition) is 1. The van der Waals surface area contributed by atoms with Crippen LogP contribution in [0.3, 0.4) is 0 Å². The first-order chi connectivity index (χ1) is 13.0. The third kappa shape index (κ3) is 4.20. The van der Waals surface area contributed by atoms with Gasteiger partial charge in [-0.25, -0.2) is 0 Å². The van der Waals surface area contributed by atoms with E-state index in [0.717, 1.165) is 24.1 Å². The topological polar surface area (TPSA) is 59.0 Å². The summed E-state index contributed by atoms with van der Waals surface area (Å²) in [5.74, 6) is 0.176. The van der Waals surface area contributed by atoms with Gasteiger partial charge in [0, 0.05) is 17.1 Å². The minimum atomic E-state index is -0.748. The molecule has 1 heterocycles. The lowest BCUT2D eigenvalue weighted by Gasteiger charge is -2.38. The number of likely N-dealkylation sites (tertiary alicyclic amines) is 1. The first-order valence-electron chi connectivity index (χ1n) is 8.98. The number of rotatable bonds is 6. The molecule has 1 aliphatic heterocycles. The SMILES string of the molecule is COc1cccc(C(c2cccc(Cl)c2)N2CCCC(C(=O)O)C2)c1OC. The van der Waals surface area contributed by atoms with Crippen LogP contribution in [0.2, 0.25) is 5.02 Å². The molecule has 3 rings (SSSR count). The molecule has 0 saturated carbocycles. The number of piperidine rings is 1. The highest BCUT2D eigenvalue weighted by Gasteiger charge is 2.33. The van der Waals surface area contributed by atoms with Crippen molar-refractivity contribution >= 4 is 17.6 Å². The highest BCUT2D eigenvalue weighted by atomic mass is 35.5. The molecule has 6 heteroatoms. The van der Waals surface area contributed by atoms with E-state index in [1.165, 1.54) is 0 Å². The lowest BCUT2D eigenvalue weighted by molar-refractivity contribution is -0.143. The number of ether oxygens (including phenoxy) is 2. The highest BCUT2D eigenvalue weighted by molar-refractivity contribution is 6.30. The van der Waals surface area contributed by atoms with Crippen LogP contribution < -0.4 is 9.47 Å². The van der Waals surface area contributed by atoms with E-state index < -0.39 is 5.97 Å². The minimum Gasteiger partial charge on any atom is -0.493 e. The molecule has 0 aliphatic carbocycles. The number of benzene rings is 2. The summed E-state index contributed by atoms with van der Waals surface area (Å²) in [5.41, 5.74) is 1.94.